The predicted molar refractivity (Wildman–Crippen MR) is 104 cm³/mol. The number of rotatable bonds is 1. The van der Waals surface area contributed by atoms with E-state index in [1.54, 1.807) is 0 Å². The Morgan fingerprint density at radius 3 is 2.19 bits per heavy atom. The lowest BCUT2D eigenvalue weighted by Gasteiger charge is -2.06. The number of nitrogens with one attached hydrogen (secondary N) is 1. The van der Waals surface area contributed by atoms with Crippen molar-refractivity contribution in [2.24, 2.45) is 0 Å². The number of phenolic OH excluding ortho intramolecular Hbond substituents is 1. The van der Waals surface area contributed by atoms with E-state index in [2.05, 4.69) is 84.6 Å². The minimum atomic E-state index is 0.198. The first-order chi connectivity index (χ1) is 9.88. The highest BCUT2D eigenvalue weighted by Gasteiger charge is 2.17. The summed E-state index contributed by atoms with van der Waals surface area (Å²) in [5.74, 6) is 0.198. The average Bonchev–Trinajstić information content (AvgIpc) is 2.72. The van der Waals surface area contributed by atoms with Crippen LogP contribution in [0.25, 0.3) is 22.2 Å². The molecule has 3 aromatic rings. The Morgan fingerprint density at radius 1 is 0.810 bits per heavy atom. The average molecular weight is 604 g/mol. The quantitative estimate of drug-likeness (QED) is 0.300. The van der Waals surface area contributed by atoms with Gasteiger partial charge in [-0.1, -0.05) is 15.9 Å². The number of benzene rings is 2. The van der Waals surface area contributed by atoms with Crippen molar-refractivity contribution < 1.29 is 5.11 Å². The summed E-state index contributed by atoms with van der Waals surface area (Å²) >= 11 is 17.4. The zero-order valence-corrected chi connectivity index (χ0v) is 18.1. The molecule has 0 amide bonds. The molecule has 0 aliphatic heterocycles. The molecule has 7 heteroatoms. The standard InChI is InChI=1S/C14H6Br5NO/c15-5-1-7(14(21)10(18)2-5)13-12(19)6-3-8(16)9(17)4-11(6)20-13/h1-4,20-21H. The van der Waals surface area contributed by atoms with E-state index in [1.165, 1.54) is 0 Å². The number of fused-ring (bicyclic) bond motifs is 1. The molecule has 0 fully saturated rings. The van der Waals surface area contributed by atoms with Crippen LogP contribution in [0.3, 0.4) is 0 Å². The van der Waals surface area contributed by atoms with Crippen LogP contribution in [-0.4, -0.2) is 10.1 Å². The highest BCUT2D eigenvalue weighted by molar-refractivity contribution is 9.13. The molecular formula is C14H6Br5NO. The van der Waals surface area contributed by atoms with Crippen LogP contribution in [-0.2, 0) is 0 Å². The van der Waals surface area contributed by atoms with Gasteiger partial charge in [0.05, 0.1) is 14.6 Å². The Bertz CT molecular complexity index is 872. The summed E-state index contributed by atoms with van der Waals surface area (Å²) in [5.41, 5.74) is 2.52. The molecule has 0 aliphatic rings. The van der Waals surface area contributed by atoms with E-state index in [4.69, 9.17) is 0 Å². The SMILES string of the molecule is Oc1c(Br)cc(Br)cc1-c1[nH]c2cc(Br)c(Br)cc2c1Br. The molecule has 0 saturated heterocycles. The number of phenols is 1. The number of aromatic amines is 1. The van der Waals surface area contributed by atoms with Gasteiger partial charge in [0.2, 0.25) is 0 Å². The predicted octanol–water partition coefficient (Wildman–Crippen LogP) is 7.35. The Hall–Kier alpha value is 0.180. The van der Waals surface area contributed by atoms with Gasteiger partial charge in [-0.05, 0) is 88.0 Å². The maximum Gasteiger partial charge on any atom is 0.139 e. The third-order valence-corrected chi connectivity index (χ3v) is 6.80. The Labute approximate surface area is 163 Å². The van der Waals surface area contributed by atoms with Crippen LogP contribution in [0.2, 0.25) is 0 Å². The van der Waals surface area contributed by atoms with Crippen LogP contribution in [0.15, 0.2) is 46.6 Å². The van der Waals surface area contributed by atoms with E-state index >= 15 is 0 Å². The zero-order valence-electron chi connectivity index (χ0n) is 10.1. The third-order valence-electron chi connectivity index (χ3n) is 3.07. The van der Waals surface area contributed by atoms with E-state index in [9.17, 15) is 5.11 Å². The summed E-state index contributed by atoms with van der Waals surface area (Å²) in [5, 5.41) is 11.3. The molecule has 0 bridgehead atoms. The number of H-pyrrole nitrogens is 1. The third kappa shape index (κ3) is 2.87. The summed E-state index contributed by atoms with van der Waals surface area (Å²) in [4.78, 5) is 3.34. The number of halogens is 5. The summed E-state index contributed by atoms with van der Waals surface area (Å²) in [6.45, 7) is 0. The van der Waals surface area contributed by atoms with Crippen LogP contribution in [0.4, 0.5) is 0 Å². The van der Waals surface area contributed by atoms with Crippen molar-refractivity contribution in [2.75, 3.05) is 0 Å². The smallest absolute Gasteiger partial charge is 0.139 e. The van der Waals surface area contributed by atoms with Gasteiger partial charge < -0.3 is 10.1 Å². The number of hydrogen-bond acceptors (Lipinski definition) is 1. The first-order valence-electron chi connectivity index (χ1n) is 5.73. The molecule has 0 aliphatic carbocycles. The molecule has 2 N–H and O–H groups in total. The summed E-state index contributed by atoms with van der Waals surface area (Å²) < 4.78 is 4.37. The Morgan fingerprint density at radius 2 is 1.48 bits per heavy atom. The highest BCUT2D eigenvalue weighted by Crippen LogP contribution is 2.44. The zero-order chi connectivity index (χ0) is 15.3. The monoisotopic (exact) mass is 599 g/mol. The van der Waals surface area contributed by atoms with Crippen LogP contribution in [0, 0.1) is 0 Å². The first kappa shape index (κ1) is 16.1. The van der Waals surface area contributed by atoms with Gasteiger partial charge in [-0.3, -0.25) is 0 Å². The summed E-state index contributed by atoms with van der Waals surface area (Å²) in [6, 6.07) is 7.70. The number of hydrogen-bond donors (Lipinski definition) is 2. The molecule has 108 valence electrons. The normalized spacial score (nSPS) is 11.3. The van der Waals surface area contributed by atoms with E-state index in [-0.39, 0.29) is 5.75 Å². The van der Waals surface area contributed by atoms with Crippen LogP contribution in [0.5, 0.6) is 5.75 Å². The number of aromatic hydroxyl groups is 1. The fraction of sp³-hybridized carbons (Fsp3) is 0. The minimum Gasteiger partial charge on any atom is -0.506 e. The molecule has 0 spiro atoms. The molecule has 0 saturated carbocycles. The molecule has 2 nitrogen and oxygen atoms in total. The van der Waals surface area contributed by atoms with Gasteiger partial charge in [0.25, 0.3) is 0 Å². The van der Waals surface area contributed by atoms with Crippen molar-refractivity contribution >= 4 is 90.6 Å². The van der Waals surface area contributed by atoms with E-state index < -0.39 is 0 Å². The lowest BCUT2D eigenvalue weighted by Crippen LogP contribution is -1.82. The second-order valence-electron chi connectivity index (χ2n) is 4.41. The van der Waals surface area contributed by atoms with Crippen molar-refractivity contribution in [3.05, 3.63) is 46.6 Å². The van der Waals surface area contributed by atoms with Crippen LogP contribution < -0.4 is 0 Å². The van der Waals surface area contributed by atoms with Gasteiger partial charge in [0.1, 0.15) is 5.75 Å². The van der Waals surface area contributed by atoms with Crippen molar-refractivity contribution in [3.63, 3.8) is 0 Å². The summed E-state index contributed by atoms with van der Waals surface area (Å²) in [7, 11) is 0. The molecule has 1 heterocycles. The first-order valence-corrected chi connectivity index (χ1v) is 9.69. The van der Waals surface area contributed by atoms with Gasteiger partial charge in [-0.15, -0.1) is 0 Å². The summed E-state index contributed by atoms with van der Waals surface area (Å²) in [6.07, 6.45) is 0. The molecule has 3 rings (SSSR count). The van der Waals surface area contributed by atoms with E-state index in [0.29, 0.717) is 10.0 Å². The Balaban J connectivity index is 2.34. The maximum atomic E-state index is 10.3. The minimum absolute atomic E-state index is 0.198. The van der Waals surface area contributed by atoms with Crippen LogP contribution in [0.1, 0.15) is 0 Å². The van der Waals surface area contributed by atoms with Crippen molar-refractivity contribution in [1.82, 2.24) is 4.98 Å². The molecule has 0 radical (unpaired) electrons. The molecular weight excluding hydrogens is 598 g/mol. The second kappa shape index (κ2) is 6.00. The lowest BCUT2D eigenvalue weighted by atomic mass is 10.1. The van der Waals surface area contributed by atoms with Gasteiger partial charge in [0, 0.05) is 29.9 Å². The lowest BCUT2D eigenvalue weighted by molar-refractivity contribution is 0.473. The topological polar surface area (TPSA) is 36.0 Å². The largest absolute Gasteiger partial charge is 0.506 e. The van der Waals surface area contributed by atoms with Crippen molar-refractivity contribution in [1.29, 1.82) is 0 Å². The van der Waals surface area contributed by atoms with E-state index in [1.807, 2.05) is 24.3 Å². The van der Waals surface area contributed by atoms with Gasteiger partial charge in [-0.2, -0.15) is 0 Å². The molecule has 0 atom stereocenters. The highest BCUT2D eigenvalue weighted by atomic mass is 79.9. The molecule has 0 unspecified atom stereocenters. The maximum absolute atomic E-state index is 10.3. The molecule has 21 heavy (non-hydrogen) atoms. The van der Waals surface area contributed by atoms with Gasteiger partial charge in [0.15, 0.2) is 0 Å². The fourth-order valence-electron chi connectivity index (χ4n) is 2.10. The van der Waals surface area contributed by atoms with Crippen molar-refractivity contribution in [3.8, 4) is 17.0 Å². The Kier molecular flexibility index (Phi) is 4.59. The molecule has 2 aromatic carbocycles. The van der Waals surface area contributed by atoms with E-state index in [0.717, 1.165) is 34.5 Å². The molecule has 1 aromatic heterocycles. The van der Waals surface area contributed by atoms with Crippen molar-refractivity contribution in [2.45, 2.75) is 0 Å². The number of aromatic nitrogens is 1. The second-order valence-corrected chi connectivity index (χ2v) is 8.68. The van der Waals surface area contributed by atoms with Crippen LogP contribution >= 0.6 is 79.6 Å². The van der Waals surface area contributed by atoms with Gasteiger partial charge >= 0.3 is 0 Å². The van der Waals surface area contributed by atoms with Gasteiger partial charge in [-0.25, -0.2) is 0 Å². The fourth-order valence-corrected chi connectivity index (χ4v) is 4.65.